The SMILES string of the molecule is Cc1cc(C)c(C(=O)Nc2cc(Br)c(F)cc2C)cc1N. The van der Waals surface area contributed by atoms with Crippen LogP contribution in [0.15, 0.2) is 28.7 Å². The number of nitrogens with two attached hydrogens (primary N) is 1. The maximum absolute atomic E-state index is 13.4. The van der Waals surface area contributed by atoms with Crippen LogP contribution in [0.4, 0.5) is 15.8 Å². The summed E-state index contributed by atoms with van der Waals surface area (Å²) in [6, 6.07) is 6.46. The van der Waals surface area contributed by atoms with Crippen molar-refractivity contribution >= 4 is 33.2 Å². The van der Waals surface area contributed by atoms with Crippen LogP contribution >= 0.6 is 15.9 Å². The Labute approximate surface area is 131 Å². The molecule has 2 aromatic carbocycles. The minimum absolute atomic E-state index is 0.263. The molecule has 21 heavy (non-hydrogen) atoms. The molecule has 5 heteroatoms. The molecule has 3 nitrogen and oxygen atoms in total. The maximum atomic E-state index is 13.4. The summed E-state index contributed by atoms with van der Waals surface area (Å²) in [7, 11) is 0. The molecule has 0 fully saturated rings. The Hall–Kier alpha value is -1.88. The second-order valence-corrected chi connectivity index (χ2v) is 5.91. The molecular weight excluding hydrogens is 335 g/mol. The number of aryl methyl sites for hydroxylation is 3. The fourth-order valence-corrected chi connectivity index (χ4v) is 2.43. The monoisotopic (exact) mass is 350 g/mol. The molecule has 0 spiro atoms. The summed E-state index contributed by atoms with van der Waals surface area (Å²) >= 11 is 3.12. The largest absolute Gasteiger partial charge is 0.398 e. The summed E-state index contributed by atoms with van der Waals surface area (Å²) < 4.78 is 13.7. The van der Waals surface area contributed by atoms with E-state index in [1.807, 2.05) is 19.9 Å². The van der Waals surface area contributed by atoms with Crippen molar-refractivity contribution in [2.75, 3.05) is 11.1 Å². The fourth-order valence-electron chi connectivity index (χ4n) is 2.08. The quantitative estimate of drug-likeness (QED) is 0.791. The van der Waals surface area contributed by atoms with Gasteiger partial charge in [-0.1, -0.05) is 6.07 Å². The lowest BCUT2D eigenvalue weighted by Gasteiger charge is -2.12. The Morgan fingerprint density at radius 3 is 2.43 bits per heavy atom. The molecule has 2 rings (SSSR count). The zero-order valence-corrected chi connectivity index (χ0v) is 13.6. The van der Waals surface area contributed by atoms with Crippen LogP contribution in [-0.2, 0) is 0 Å². The Balaban J connectivity index is 2.35. The molecule has 2 aromatic rings. The van der Waals surface area contributed by atoms with Crippen LogP contribution in [0.25, 0.3) is 0 Å². The molecule has 0 aromatic heterocycles. The van der Waals surface area contributed by atoms with Gasteiger partial charge in [0.05, 0.1) is 4.47 Å². The van der Waals surface area contributed by atoms with E-state index in [0.717, 1.165) is 11.1 Å². The number of amides is 1. The number of hydrogen-bond acceptors (Lipinski definition) is 2. The van der Waals surface area contributed by atoms with Gasteiger partial charge in [-0.3, -0.25) is 4.79 Å². The van der Waals surface area contributed by atoms with Crippen LogP contribution in [0.2, 0.25) is 0 Å². The van der Waals surface area contributed by atoms with Crippen LogP contribution in [0, 0.1) is 26.6 Å². The first kappa shape index (κ1) is 15.5. The first-order valence-electron chi connectivity index (χ1n) is 6.43. The summed E-state index contributed by atoms with van der Waals surface area (Å²) in [5, 5.41) is 2.79. The van der Waals surface area contributed by atoms with Gasteiger partial charge in [0.25, 0.3) is 5.91 Å². The van der Waals surface area contributed by atoms with Crippen LogP contribution in [0.3, 0.4) is 0 Å². The number of nitrogens with one attached hydrogen (secondary N) is 1. The van der Waals surface area contributed by atoms with Crippen molar-refractivity contribution in [3.63, 3.8) is 0 Å². The van der Waals surface area contributed by atoms with Crippen molar-refractivity contribution in [3.05, 3.63) is 56.8 Å². The van der Waals surface area contributed by atoms with Gasteiger partial charge in [0.2, 0.25) is 0 Å². The van der Waals surface area contributed by atoms with Crippen molar-refractivity contribution in [3.8, 4) is 0 Å². The molecule has 0 atom stereocenters. The average Bonchev–Trinajstić information content (AvgIpc) is 2.40. The zero-order chi connectivity index (χ0) is 15.7. The normalized spacial score (nSPS) is 10.5. The van der Waals surface area contributed by atoms with E-state index >= 15 is 0 Å². The number of anilines is 2. The Morgan fingerprint density at radius 2 is 1.76 bits per heavy atom. The number of halogens is 2. The molecule has 110 valence electrons. The maximum Gasteiger partial charge on any atom is 0.256 e. The summed E-state index contributed by atoms with van der Waals surface area (Å²) in [4.78, 5) is 12.4. The lowest BCUT2D eigenvalue weighted by Crippen LogP contribution is -2.15. The minimum Gasteiger partial charge on any atom is -0.398 e. The van der Waals surface area contributed by atoms with Crippen molar-refractivity contribution in [2.24, 2.45) is 0 Å². The zero-order valence-electron chi connectivity index (χ0n) is 12.1. The second kappa shape index (κ2) is 5.85. The Kier molecular flexibility index (Phi) is 4.32. The van der Waals surface area contributed by atoms with E-state index in [0.29, 0.717) is 27.0 Å². The number of carbonyl (C=O) groups is 1. The lowest BCUT2D eigenvalue weighted by atomic mass is 10.0. The highest BCUT2D eigenvalue weighted by atomic mass is 79.9. The minimum atomic E-state index is -0.360. The number of benzene rings is 2. The third-order valence-electron chi connectivity index (χ3n) is 3.37. The molecule has 0 heterocycles. The third kappa shape index (κ3) is 3.24. The van der Waals surface area contributed by atoms with E-state index in [1.54, 1.807) is 19.1 Å². The van der Waals surface area contributed by atoms with Gasteiger partial charge in [-0.25, -0.2) is 4.39 Å². The summed E-state index contributed by atoms with van der Waals surface area (Å²) in [5.41, 5.74) is 9.94. The topological polar surface area (TPSA) is 55.1 Å². The molecule has 0 aliphatic heterocycles. The van der Waals surface area contributed by atoms with Crippen molar-refractivity contribution in [1.82, 2.24) is 0 Å². The molecule has 1 amide bonds. The van der Waals surface area contributed by atoms with Crippen LogP contribution in [0.5, 0.6) is 0 Å². The van der Waals surface area contributed by atoms with Crippen molar-refractivity contribution in [1.29, 1.82) is 0 Å². The molecule has 0 saturated heterocycles. The Morgan fingerprint density at radius 1 is 1.10 bits per heavy atom. The third-order valence-corrected chi connectivity index (χ3v) is 3.98. The van der Waals surface area contributed by atoms with Gasteiger partial charge < -0.3 is 11.1 Å². The molecule has 0 unspecified atom stereocenters. The predicted octanol–water partition coefficient (Wildman–Crippen LogP) is 4.35. The van der Waals surface area contributed by atoms with E-state index in [2.05, 4.69) is 21.2 Å². The Bertz CT molecular complexity index is 729. The van der Waals surface area contributed by atoms with Gasteiger partial charge in [0.1, 0.15) is 5.82 Å². The van der Waals surface area contributed by atoms with E-state index in [-0.39, 0.29) is 11.7 Å². The molecule has 0 aliphatic rings. The standard InChI is InChI=1S/C16H16BrFN2O/c1-8-4-9(2)14(19)6-11(8)16(21)20-15-7-12(17)13(18)5-10(15)3/h4-7H,19H2,1-3H3,(H,20,21). The first-order valence-corrected chi connectivity index (χ1v) is 7.22. The fraction of sp³-hybridized carbons (Fsp3) is 0.188. The van der Waals surface area contributed by atoms with Crippen LogP contribution < -0.4 is 11.1 Å². The molecule has 3 N–H and O–H groups in total. The molecule has 0 aliphatic carbocycles. The molecule has 0 radical (unpaired) electrons. The van der Waals surface area contributed by atoms with Crippen LogP contribution in [-0.4, -0.2) is 5.91 Å². The highest BCUT2D eigenvalue weighted by Crippen LogP contribution is 2.25. The van der Waals surface area contributed by atoms with Crippen molar-refractivity contribution in [2.45, 2.75) is 20.8 Å². The smallest absolute Gasteiger partial charge is 0.256 e. The molecule has 0 saturated carbocycles. The molecule has 0 bridgehead atoms. The summed E-state index contributed by atoms with van der Waals surface area (Å²) in [6.07, 6.45) is 0. The first-order chi connectivity index (χ1) is 9.79. The van der Waals surface area contributed by atoms with E-state index in [1.165, 1.54) is 6.07 Å². The number of nitrogen functional groups attached to an aromatic ring is 1. The average molecular weight is 351 g/mol. The predicted molar refractivity (Wildman–Crippen MR) is 87.1 cm³/mol. The highest BCUT2D eigenvalue weighted by molar-refractivity contribution is 9.10. The van der Waals surface area contributed by atoms with Gasteiger partial charge in [0, 0.05) is 16.9 Å². The van der Waals surface area contributed by atoms with Crippen molar-refractivity contribution < 1.29 is 9.18 Å². The number of rotatable bonds is 2. The summed E-state index contributed by atoms with van der Waals surface area (Å²) in [5.74, 6) is -0.623. The van der Waals surface area contributed by atoms with E-state index < -0.39 is 0 Å². The van der Waals surface area contributed by atoms with Gasteiger partial charge in [0.15, 0.2) is 0 Å². The summed E-state index contributed by atoms with van der Waals surface area (Å²) in [6.45, 7) is 5.49. The number of carbonyl (C=O) groups excluding carboxylic acids is 1. The van der Waals surface area contributed by atoms with Gasteiger partial charge in [-0.2, -0.15) is 0 Å². The number of hydrogen-bond donors (Lipinski definition) is 2. The lowest BCUT2D eigenvalue weighted by molar-refractivity contribution is 0.102. The van der Waals surface area contributed by atoms with E-state index in [9.17, 15) is 9.18 Å². The second-order valence-electron chi connectivity index (χ2n) is 5.06. The van der Waals surface area contributed by atoms with Crippen LogP contribution in [0.1, 0.15) is 27.0 Å². The highest BCUT2D eigenvalue weighted by Gasteiger charge is 2.13. The van der Waals surface area contributed by atoms with Gasteiger partial charge in [-0.05, 0) is 71.6 Å². The van der Waals surface area contributed by atoms with E-state index in [4.69, 9.17) is 5.73 Å². The van der Waals surface area contributed by atoms with Gasteiger partial charge in [-0.15, -0.1) is 0 Å². The van der Waals surface area contributed by atoms with Gasteiger partial charge >= 0.3 is 0 Å². The molecular formula is C16H16BrFN2O.